The molecule has 0 unspecified atom stereocenters. The van der Waals surface area contributed by atoms with Crippen molar-refractivity contribution in [3.05, 3.63) is 29.6 Å². The fourth-order valence-electron chi connectivity index (χ4n) is 1.92. The van der Waals surface area contributed by atoms with Crippen molar-refractivity contribution < 1.29 is 13.7 Å². The quantitative estimate of drug-likeness (QED) is 0.766. The lowest BCUT2D eigenvalue weighted by molar-refractivity contribution is 0.00578. The molecule has 1 aliphatic heterocycles. The molecule has 0 N–H and O–H groups in total. The topological polar surface area (TPSA) is 42.2 Å². The second kappa shape index (κ2) is 4.62. The molecule has 1 aliphatic rings. The largest absolute Gasteiger partial charge is 0.494 e. The van der Waals surface area contributed by atoms with Crippen LogP contribution >= 0.6 is 0 Å². The Morgan fingerprint density at radius 1 is 1.21 bits per heavy atom. The van der Waals surface area contributed by atoms with E-state index in [1.165, 1.54) is 6.07 Å². The summed E-state index contributed by atoms with van der Waals surface area (Å²) >= 11 is 0. The van der Waals surface area contributed by atoms with E-state index in [1.807, 2.05) is 33.8 Å². The summed E-state index contributed by atoms with van der Waals surface area (Å²) in [5.74, 6) is -0.395. The van der Waals surface area contributed by atoms with Crippen molar-refractivity contribution in [1.29, 1.82) is 5.26 Å². The van der Waals surface area contributed by atoms with E-state index in [9.17, 15) is 4.39 Å². The van der Waals surface area contributed by atoms with Gasteiger partial charge in [-0.15, -0.1) is 0 Å². The van der Waals surface area contributed by atoms with Crippen LogP contribution in [-0.4, -0.2) is 18.3 Å². The maximum atomic E-state index is 13.8. The Labute approximate surface area is 113 Å². The minimum absolute atomic E-state index is 0.0650. The molecule has 0 aliphatic carbocycles. The molecule has 0 aromatic heterocycles. The second-order valence-electron chi connectivity index (χ2n) is 5.77. The fourth-order valence-corrected chi connectivity index (χ4v) is 1.92. The lowest BCUT2D eigenvalue weighted by atomic mass is 9.78. The lowest BCUT2D eigenvalue weighted by Crippen LogP contribution is -2.41. The van der Waals surface area contributed by atoms with Crippen molar-refractivity contribution in [2.75, 3.05) is 0 Å². The summed E-state index contributed by atoms with van der Waals surface area (Å²) in [6.07, 6.45) is 0.0650. The monoisotopic (exact) mass is 261 g/mol. The molecule has 0 radical (unpaired) electrons. The van der Waals surface area contributed by atoms with E-state index in [0.29, 0.717) is 11.0 Å². The molecule has 0 atom stereocenters. The Balaban J connectivity index is 2.26. The van der Waals surface area contributed by atoms with E-state index < -0.39 is 24.1 Å². The van der Waals surface area contributed by atoms with Crippen molar-refractivity contribution in [3.63, 3.8) is 0 Å². The summed E-state index contributed by atoms with van der Waals surface area (Å²) in [5, 5.41) is 8.60. The van der Waals surface area contributed by atoms with Gasteiger partial charge in [-0.2, -0.15) is 5.26 Å². The van der Waals surface area contributed by atoms with Gasteiger partial charge in [0.25, 0.3) is 0 Å². The van der Waals surface area contributed by atoms with Crippen LogP contribution in [-0.2, 0) is 15.7 Å². The summed E-state index contributed by atoms with van der Waals surface area (Å²) in [6, 6.07) is 6.68. The van der Waals surface area contributed by atoms with Gasteiger partial charge >= 0.3 is 7.12 Å². The number of nitriles is 1. The molecule has 1 fully saturated rings. The van der Waals surface area contributed by atoms with Crippen molar-refractivity contribution in [1.82, 2.24) is 0 Å². The molecule has 1 saturated heterocycles. The zero-order valence-corrected chi connectivity index (χ0v) is 11.7. The summed E-state index contributed by atoms with van der Waals surface area (Å²) < 4.78 is 25.5. The molecule has 1 aromatic rings. The molecule has 0 spiro atoms. The molecule has 2 rings (SSSR count). The highest BCUT2D eigenvalue weighted by Gasteiger charge is 2.51. The van der Waals surface area contributed by atoms with Crippen LogP contribution in [0.15, 0.2) is 18.2 Å². The van der Waals surface area contributed by atoms with E-state index in [2.05, 4.69) is 0 Å². The Hall–Kier alpha value is -1.38. The van der Waals surface area contributed by atoms with Crippen molar-refractivity contribution in [2.24, 2.45) is 0 Å². The number of halogens is 1. The number of rotatable bonds is 2. The Kier molecular flexibility index (Phi) is 3.42. The van der Waals surface area contributed by atoms with Gasteiger partial charge in [0.15, 0.2) is 0 Å². The number of nitrogens with zero attached hydrogens (tertiary/aromatic N) is 1. The zero-order valence-electron chi connectivity index (χ0n) is 11.7. The Bertz CT molecular complexity index is 521. The molecule has 1 aromatic carbocycles. The third kappa shape index (κ3) is 2.51. The van der Waals surface area contributed by atoms with Gasteiger partial charge in [-0.3, -0.25) is 0 Å². The van der Waals surface area contributed by atoms with E-state index in [4.69, 9.17) is 14.6 Å². The SMILES string of the molecule is CC1(C)OB(c2ccc(CC#N)c(F)c2)OC1(C)C. The molecule has 1 heterocycles. The molecule has 0 bridgehead atoms. The van der Waals surface area contributed by atoms with Gasteiger partial charge in [-0.1, -0.05) is 12.1 Å². The van der Waals surface area contributed by atoms with Crippen LogP contribution < -0.4 is 5.46 Å². The highest BCUT2D eigenvalue weighted by molar-refractivity contribution is 6.62. The van der Waals surface area contributed by atoms with Crippen LogP contribution in [0.1, 0.15) is 33.3 Å². The maximum absolute atomic E-state index is 13.8. The second-order valence-corrected chi connectivity index (χ2v) is 5.77. The van der Waals surface area contributed by atoms with Crippen molar-refractivity contribution >= 4 is 12.6 Å². The van der Waals surface area contributed by atoms with Gasteiger partial charge in [0.05, 0.1) is 23.7 Å². The minimum Gasteiger partial charge on any atom is -0.399 e. The van der Waals surface area contributed by atoms with Crippen LogP contribution in [0, 0.1) is 17.1 Å². The minimum atomic E-state index is -0.573. The first-order valence-electron chi connectivity index (χ1n) is 6.28. The van der Waals surface area contributed by atoms with Crippen molar-refractivity contribution in [3.8, 4) is 6.07 Å². The smallest absolute Gasteiger partial charge is 0.399 e. The van der Waals surface area contributed by atoms with Crippen LogP contribution in [0.25, 0.3) is 0 Å². The van der Waals surface area contributed by atoms with Gasteiger partial charge in [0.1, 0.15) is 5.82 Å². The first kappa shape index (κ1) is 14.0. The van der Waals surface area contributed by atoms with E-state index in [1.54, 1.807) is 12.1 Å². The Morgan fingerprint density at radius 2 is 1.79 bits per heavy atom. The average molecular weight is 261 g/mol. The lowest BCUT2D eigenvalue weighted by Gasteiger charge is -2.32. The normalized spacial score (nSPS) is 20.3. The number of hydrogen-bond donors (Lipinski definition) is 0. The summed E-state index contributed by atoms with van der Waals surface area (Å²) in [6.45, 7) is 7.81. The van der Waals surface area contributed by atoms with Crippen LogP contribution in [0.4, 0.5) is 4.39 Å². The molecule has 19 heavy (non-hydrogen) atoms. The molecular formula is C14H17BFNO2. The van der Waals surface area contributed by atoms with Gasteiger partial charge in [-0.25, -0.2) is 4.39 Å². The molecule has 0 amide bonds. The van der Waals surface area contributed by atoms with Gasteiger partial charge in [0.2, 0.25) is 0 Å². The Morgan fingerprint density at radius 3 is 2.26 bits per heavy atom. The highest BCUT2D eigenvalue weighted by atomic mass is 19.1. The third-order valence-corrected chi connectivity index (χ3v) is 3.87. The third-order valence-electron chi connectivity index (χ3n) is 3.87. The van der Waals surface area contributed by atoms with Crippen LogP contribution in [0.5, 0.6) is 0 Å². The van der Waals surface area contributed by atoms with Crippen LogP contribution in [0.3, 0.4) is 0 Å². The molecule has 3 nitrogen and oxygen atoms in total. The van der Waals surface area contributed by atoms with E-state index in [0.717, 1.165) is 0 Å². The first-order valence-corrected chi connectivity index (χ1v) is 6.28. The zero-order chi connectivity index (χ0) is 14.3. The van der Waals surface area contributed by atoms with Gasteiger partial charge in [-0.05, 0) is 39.2 Å². The average Bonchev–Trinajstić information content (AvgIpc) is 2.51. The molecule has 100 valence electrons. The van der Waals surface area contributed by atoms with Crippen molar-refractivity contribution in [2.45, 2.75) is 45.3 Å². The fraction of sp³-hybridized carbons (Fsp3) is 0.500. The maximum Gasteiger partial charge on any atom is 0.494 e. The molecule has 0 saturated carbocycles. The van der Waals surface area contributed by atoms with E-state index in [-0.39, 0.29) is 6.42 Å². The van der Waals surface area contributed by atoms with Crippen LogP contribution in [0.2, 0.25) is 0 Å². The summed E-state index contributed by atoms with van der Waals surface area (Å²) in [4.78, 5) is 0. The summed E-state index contributed by atoms with van der Waals surface area (Å²) in [5.41, 5.74) is 0.138. The van der Waals surface area contributed by atoms with Gasteiger partial charge < -0.3 is 9.31 Å². The first-order chi connectivity index (χ1) is 8.77. The number of hydrogen-bond acceptors (Lipinski definition) is 3. The number of benzene rings is 1. The molecular weight excluding hydrogens is 244 g/mol. The summed E-state index contributed by atoms with van der Waals surface area (Å²) in [7, 11) is -0.573. The van der Waals surface area contributed by atoms with E-state index >= 15 is 0 Å². The van der Waals surface area contributed by atoms with Gasteiger partial charge in [0, 0.05) is 5.56 Å². The molecule has 5 heteroatoms. The predicted octanol–water partition coefficient (Wildman–Crippen LogP) is 2.19. The highest BCUT2D eigenvalue weighted by Crippen LogP contribution is 2.36. The standard InChI is InChI=1S/C14H17BFNO2/c1-13(2)14(3,4)19-15(18-13)11-6-5-10(7-8-17)12(16)9-11/h5-6,9H,7H2,1-4H3. The predicted molar refractivity (Wildman–Crippen MR) is 71.4 cm³/mol.